The Kier molecular flexibility index (Phi) is 3.99. The molecule has 0 spiro atoms. The number of fused-ring (bicyclic) bond motifs is 1. The van der Waals surface area contributed by atoms with Crippen molar-refractivity contribution >= 4 is 5.91 Å². The van der Waals surface area contributed by atoms with Crippen molar-refractivity contribution in [2.45, 2.75) is 33.0 Å². The first-order valence-electron chi connectivity index (χ1n) is 7.78. The second-order valence-corrected chi connectivity index (χ2v) is 6.33. The zero-order chi connectivity index (χ0) is 15.7. The highest BCUT2D eigenvalue weighted by molar-refractivity contribution is 5.94. The molecule has 1 unspecified atom stereocenters. The van der Waals surface area contributed by atoms with Crippen molar-refractivity contribution in [1.29, 1.82) is 0 Å². The smallest absolute Gasteiger partial charge is 0.254 e. The lowest BCUT2D eigenvalue weighted by Gasteiger charge is -2.17. The molecule has 0 radical (unpaired) electrons. The van der Waals surface area contributed by atoms with Gasteiger partial charge in [-0.15, -0.1) is 0 Å². The van der Waals surface area contributed by atoms with Gasteiger partial charge in [-0.3, -0.25) is 4.79 Å². The summed E-state index contributed by atoms with van der Waals surface area (Å²) in [6.07, 6.45) is 0. The van der Waals surface area contributed by atoms with Gasteiger partial charge in [-0.2, -0.15) is 0 Å². The summed E-state index contributed by atoms with van der Waals surface area (Å²) >= 11 is 0. The minimum atomic E-state index is 0.0455. The molecule has 2 aromatic rings. The van der Waals surface area contributed by atoms with Crippen LogP contribution in [0.3, 0.4) is 0 Å². The summed E-state index contributed by atoms with van der Waals surface area (Å²) in [6.45, 7) is 5.61. The number of carbonyl (C=O) groups excluding carboxylic acids is 1. The second kappa shape index (κ2) is 5.93. The number of nitrogens with zero attached hydrogens (tertiary/aromatic N) is 1. The fraction of sp³-hybridized carbons (Fsp3) is 0.316. The summed E-state index contributed by atoms with van der Waals surface area (Å²) in [5.74, 6) is 0.494. The van der Waals surface area contributed by atoms with E-state index >= 15 is 0 Å². The molecule has 2 N–H and O–H groups in total. The van der Waals surface area contributed by atoms with Crippen LogP contribution in [-0.4, -0.2) is 10.8 Å². The van der Waals surface area contributed by atoms with Gasteiger partial charge in [0.05, 0.1) is 0 Å². The number of nitrogens with two attached hydrogens (primary N) is 1. The lowest BCUT2D eigenvalue weighted by Crippen LogP contribution is -2.25. The highest BCUT2D eigenvalue weighted by Gasteiger charge is 2.25. The maximum absolute atomic E-state index is 12.5. The van der Waals surface area contributed by atoms with E-state index in [1.54, 1.807) is 0 Å². The Bertz CT molecular complexity index is 679. The van der Waals surface area contributed by atoms with Gasteiger partial charge in [-0.25, -0.2) is 0 Å². The van der Waals surface area contributed by atoms with Crippen molar-refractivity contribution in [3.05, 3.63) is 70.8 Å². The first kappa shape index (κ1) is 14.8. The van der Waals surface area contributed by atoms with E-state index in [2.05, 4.69) is 32.0 Å². The Morgan fingerprint density at radius 1 is 1.05 bits per heavy atom. The molecule has 3 heteroatoms. The van der Waals surface area contributed by atoms with Gasteiger partial charge < -0.3 is 10.6 Å². The Hall–Kier alpha value is -2.13. The molecule has 0 saturated carbocycles. The molecular formula is C19H22N2O. The second-order valence-electron chi connectivity index (χ2n) is 6.33. The lowest BCUT2D eigenvalue weighted by atomic mass is 9.94. The van der Waals surface area contributed by atoms with Crippen LogP contribution in [0, 0.1) is 5.92 Å². The Morgan fingerprint density at radius 2 is 1.73 bits per heavy atom. The largest absolute Gasteiger partial charge is 0.330 e. The summed E-state index contributed by atoms with van der Waals surface area (Å²) in [7, 11) is 0. The molecule has 0 saturated heterocycles. The third-order valence-electron chi connectivity index (χ3n) is 4.36. The average molecular weight is 294 g/mol. The number of rotatable bonds is 3. The Balaban J connectivity index is 1.80. The van der Waals surface area contributed by atoms with E-state index in [4.69, 9.17) is 5.73 Å². The van der Waals surface area contributed by atoms with Crippen molar-refractivity contribution in [2.75, 3.05) is 0 Å². The molecule has 1 heterocycles. The van der Waals surface area contributed by atoms with Gasteiger partial charge in [-0.1, -0.05) is 50.2 Å². The van der Waals surface area contributed by atoms with Crippen LogP contribution in [0.4, 0.5) is 0 Å². The quantitative estimate of drug-likeness (QED) is 0.941. The molecule has 3 nitrogen and oxygen atoms in total. The van der Waals surface area contributed by atoms with Crippen molar-refractivity contribution in [1.82, 2.24) is 4.90 Å². The number of carbonyl (C=O) groups is 1. The summed E-state index contributed by atoms with van der Waals surface area (Å²) in [4.78, 5) is 14.4. The van der Waals surface area contributed by atoms with Crippen LogP contribution in [0.15, 0.2) is 48.5 Å². The maximum Gasteiger partial charge on any atom is 0.254 e. The molecule has 1 atom stereocenters. The van der Waals surface area contributed by atoms with E-state index in [0.717, 1.165) is 11.1 Å². The van der Waals surface area contributed by atoms with Crippen LogP contribution >= 0.6 is 0 Å². The van der Waals surface area contributed by atoms with Crippen LogP contribution in [-0.2, 0) is 13.1 Å². The third kappa shape index (κ3) is 2.77. The van der Waals surface area contributed by atoms with E-state index in [-0.39, 0.29) is 11.9 Å². The van der Waals surface area contributed by atoms with Crippen molar-refractivity contribution in [2.24, 2.45) is 11.7 Å². The van der Waals surface area contributed by atoms with Crippen LogP contribution in [0.5, 0.6) is 0 Å². The molecule has 1 aliphatic heterocycles. The van der Waals surface area contributed by atoms with Crippen LogP contribution in [0.25, 0.3) is 0 Å². The Morgan fingerprint density at radius 3 is 2.41 bits per heavy atom. The predicted octanol–water partition coefficient (Wildman–Crippen LogP) is 3.50. The van der Waals surface area contributed by atoms with Gasteiger partial charge in [0, 0.05) is 24.7 Å². The highest BCUT2D eigenvalue weighted by atomic mass is 16.2. The molecular weight excluding hydrogens is 272 g/mol. The maximum atomic E-state index is 12.5. The molecule has 0 bridgehead atoms. The molecule has 1 amide bonds. The van der Waals surface area contributed by atoms with Gasteiger partial charge in [0.25, 0.3) is 5.91 Å². The minimum absolute atomic E-state index is 0.0455. The predicted molar refractivity (Wildman–Crippen MR) is 88.2 cm³/mol. The van der Waals surface area contributed by atoms with Gasteiger partial charge >= 0.3 is 0 Å². The average Bonchev–Trinajstić information content (AvgIpc) is 2.97. The monoisotopic (exact) mass is 294 g/mol. The van der Waals surface area contributed by atoms with E-state index in [1.807, 2.05) is 35.2 Å². The standard InChI is InChI=1S/C19H22N2O/c1-13(2)18(20)15-8-9-16-11-21(12-17(16)10-15)19(22)14-6-4-3-5-7-14/h3-10,13,18H,11-12,20H2,1-2H3. The third-order valence-corrected chi connectivity index (χ3v) is 4.36. The fourth-order valence-electron chi connectivity index (χ4n) is 2.91. The molecule has 22 heavy (non-hydrogen) atoms. The molecule has 0 aliphatic carbocycles. The van der Waals surface area contributed by atoms with Crippen LogP contribution in [0.1, 0.15) is 46.9 Å². The van der Waals surface area contributed by atoms with E-state index in [0.29, 0.717) is 19.0 Å². The zero-order valence-corrected chi connectivity index (χ0v) is 13.1. The zero-order valence-electron chi connectivity index (χ0n) is 13.1. The van der Waals surface area contributed by atoms with Crippen molar-refractivity contribution in [3.63, 3.8) is 0 Å². The minimum Gasteiger partial charge on any atom is -0.330 e. The summed E-state index contributed by atoms with van der Waals surface area (Å²) < 4.78 is 0. The normalized spacial score (nSPS) is 15.0. The van der Waals surface area contributed by atoms with E-state index < -0.39 is 0 Å². The van der Waals surface area contributed by atoms with Gasteiger partial charge in [-0.05, 0) is 34.7 Å². The van der Waals surface area contributed by atoms with Crippen molar-refractivity contribution < 1.29 is 4.79 Å². The topological polar surface area (TPSA) is 46.3 Å². The lowest BCUT2D eigenvalue weighted by molar-refractivity contribution is 0.0751. The summed E-state index contributed by atoms with van der Waals surface area (Å²) in [6, 6.07) is 15.9. The number of amides is 1. The fourth-order valence-corrected chi connectivity index (χ4v) is 2.91. The van der Waals surface area contributed by atoms with Gasteiger partial charge in [0.15, 0.2) is 0 Å². The number of benzene rings is 2. The molecule has 114 valence electrons. The van der Waals surface area contributed by atoms with E-state index in [1.165, 1.54) is 11.1 Å². The molecule has 2 aromatic carbocycles. The van der Waals surface area contributed by atoms with E-state index in [9.17, 15) is 4.79 Å². The van der Waals surface area contributed by atoms with Crippen LogP contribution < -0.4 is 5.73 Å². The first-order chi connectivity index (χ1) is 10.6. The molecule has 0 aromatic heterocycles. The van der Waals surface area contributed by atoms with Gasteiger partial charge in [0.1, 0.15) is 0 Å². The highest BCUT2D eigenvalue weighted by Crippen LogP contribution is 2.28. The van der Waals surface area contributed by atoms with Crippen molar-refractivity contribution in [3.8, 4) is 0 Å². The number of hydrogen-bond donors (Lipinski definition) is 1. The SMILES string of the molecule is CC(C)C(N)c1ccc2c(c1)CN(C(=O)c1ccccc1)C2. The summed E-state index contributed by atoms with van der Waals surface area (Å²) in [5.41, 5.74) is 10.6. The summed E-state index contributed by atoms with van der Waals surface area (Å²) in [5, 5.41) is 0. The molecule has 1 aliphatic rings. The molecule has 3 rings (SSSR count). The molecule has 0 fully saturated rings. The first-order valence-corrected chi connectivity index (χ1v) is 7.78. The number of hydrogen-bond acceptors (Lipinski definition) is 2. The van der Waals surface area contributed by atoms with Gasteiger partial charge in [0.2, 0.25) is 0 Å². The Labute approximate surface area is 131 Å². The van der Waals surface area contributed by atoms with Crippen LogP contribution in [0.2, 0.25) is 0 Å².